The second-order valence-corrected chi connectivity index (χ2v) is 3.45. The van der Waals surface area contributed by atoms with Crippen molar-refractivity contribution in [3.8, 4) is 0 Å². The van der Waals surface area contributed by atoms with E-state index in [0.717, 1.165) is 5.39 Å². The fourth-order valence-electron chi connectivity index (χ4n) is 1.03. The van der Waals surface area contributed by atoms with E-state index in [0.29, 0.717) is 16.4 Å². The monoisotopic (exact) mass is 200 g/mol. The Morgan fingerprint density at radius 2 is 2.50 bits per heavy atom. The van der Waals surface area contributed by atoms with Crippen molar-refractivity contribution < 1.29 is 4.79 Å². The highest BCUT2D eigenvalue weighted by molar-refractivity contribution is 7.04. The quantitative estimate of drug-likeness (QED) is 0.719. The van der Waals surface area contributed by atoms with E-state index >= 15 is 0 Å². The van der Waals surface area contributed by atoms with Gasteiger partial charge in [0.25, 0.3) is 0 Å². The second-order valence-electron chi connectivity index (χ2n) is 2.45. The van der Waals surface area contributed by atoms with Crippen LogP contribution in [0.3, 0.4) is 0 Å². The van der Waals surface area contributed by atoms with Crippen LogP contribution < -0.4 is 0 Å². The minimum atomic E-state index is -0.0667. The average Bonchev–Trinajstić information content (AvgIpc) is 2.53. The highest BCUT2D eigenvalue weighted by Crippen LogP contribution is 2.27. The summed E-state index contributed by atoms with van der Waals surface area (Å²) in [6.45, 7) is 1.47. The van der Waals surface area contributed by atoms with E-state index in [2.05, 4.69) is 9.36 Å². The van der Waals surface area contributed by atoms with Crippen LogP contribution in [0.2, 0.25) is 5.02 Å². The summed E-state index contributed by atoms with van der Waals surface area (Å²) in [7, 11) is 0. The number of carbonyl (C=O) groups excluding carboxylic acids is 1. The van der Waals surface area contributed by atoms with Crippen LogP contribution in [0.5, 0.6) is 0 Å². The maximum Gasteiger partial charge on any atom is 0.177 e. The molecule has 0 fully saturated rings. The van der Waals surface area contributed by atoms with Crippen molar-refractivity contribution in [1.29, 1.82) is 0 Å². The van der Waals surface area contributed by atoms with E-state index < -0.39 is 0 Å². The molecule has 0 amide bonds. The molecule has 2 aromatic rings. The van der Waals surface area contributed by atoms with Crippen LogP contribution in [0.4, 0.5) is 0 Å². The van der Waals surface area contributed by atoms with Gasteiger partial charge in [-0.05, 0) is 11.5 Å². The maximum atomic E-state index is 11.0. The van der Waals surface area contributed by atoms with Gasteiger partial charge in [0, 0.05) is 12.3 Å². The molecule has 62 valence electrons. The third kappa shape index (κ3) is 0.956. The Hall–Kier alpha value is -0.870. The third-order valence-electron chi connectivity index (χ3n) is 1.62. The first kappa shape index (κ1) is 7.76. The van der Waals surface area contributed by atoms with Crippen LogP contribution in [-0.4, -0.2) is 15.1 Å². The number of nitrogens with zero attached hydrogens (tertiary/aromatic N) is 1. The highest BCUT2D eigenvalue weighted by atomic mass is 35.5. The molecule has 0 spiro atoms. The summed E-state index contributed by atoms with van der Waals surface area (Å²) in [5.41, 5.74) is 1.14. The molecular formula is C7H5ClN2OS. The van der Waals surface area contributed by atoms with Crippen LogP contribution >= 0.6 is 23.1 Å². The lowest BCUT2D eigenvalue weighted by Crippen LogP contribution is -1.91. The van der Waals surface area contributed by atoms with Gasteiger partial charge in [0.2, 0.25) is 0 Å². The summed E-state index contributed by atoms with van der Waals surface area (Å²) in [5, 5.41) is 3.12. The van der Waals surface area contributed by atoms with Crippen molar-refractivity contribution in [2.24, 2.45) is 0 Å². The van der Waals surface area contributed by atoms with Gasteiger partial charge in [0.05, 0.1) is 10.4 Å². The molecule has 0 radical (unpaired) electrons. The van der Waals surface area contributed by atoms with Crippen molar-refractivity contribution >= 4 is 40.0 Å². The maximum absolute atomic E-state index is 11.0. The van der Waals surface area contributed by atoms with Crippen molar-refractivity contribution in [2.75, 3.05) is 0 Å². The van der Waals surface area contributed by atoms with Crippen LogP contribution in [0.15, 0.2) is 5.38 Å². The van der Waals surface area contributed by atoms with Crippen molar-refractivity contribution in [3.05, 3.63) is 16.1 Å². The fourth-order valence-corrected chi connectivity index (χ4v) is 2.06. The molecule has 0 unspecified atom stereocenters. The molecule has 1 N–H and O–H groups in total. The summed E-state index contributed by atoms with van der Waals surface area (Å²) in [6.07, 6.45) is 0. The Kier molecular flexibility index (Phi) is 1.66. The fraction of sp³-hybridized carbons (Fsp3) is 0.143. The van der Waals surface area contributed by atoms with Crippen LogP contribution in [0, 0.1) is 0 Å². The zero-order valence-corrected chi connectivity index (χ0v) is 7.79. The standard InChI is InChI=1S/C7H5ClN2OS/c1-3(11)6-5(8)4-2-12-10-7(4)9-6/h2H,1H3,(H,9,10). The molecule has 5 heteroatoms. The van der Waals surface area contributed by atoms with Gasteiger partial charge in [-0.1, -0.05) is 11.6 Å². The number of carbonyl (C=O) groups is 1. The molecule has 2 rings (SSSR count). The molecule has 0 saturated heterocycles. The number of fused-ring (bicyclic) bond motifs is 1. The zero-order valence-electron chi connectivity index (χ0n) is 6.22. The van der Waals surface area contributed by atoms with Crippen molar-refractivity contribution in [2.45, 2.75) is 6.92 Å². The average molecular weight is 201 g/mol. The summed E-state index contributed by atoms with van der Waals surface area (Å²) in [5.74, 6) is -0.0667. The number of aromatic nitrogens is 2. The Bertz CT molecular complexity index is 445. The summed E-state index contributed by atoms with van der Waals surface area (Å²) < 4.78 is 4.03. The van der Waals surface area contributed by atoms with Gasteiger partial charge in [-0.25, -0.2) is 0 Å². The van der Waals surface area contributed by atoms with Gasteiger partial charge in [0.1, 0.15) is 5.69 Å². The molecule has 3 nitrogen and oxygen atoms in total. The number of halogens is 1. The Labute approximate surface area is 77.5 Å². The number of hydrogen-bond acceptors (Lipinski definition) is 3. The van der Waals surface area contributed by atoms with Crippen molar-refractivity contribution in [3.63, 3.8) is 0 Å². The first-order chi connectivity index (χ1) is 5.70. The molecule has 12 heavy (non-hydrogen) atoms. The Morgan fingerprint density at radius 3 is 3.08 bits per heavy atom. The van der Waals surface area contributed by atoms with E-state index in [-0.39, 0.29) is 5.78 Å². The number of nitrogens with one attached hydrogen (secondary N) is 1. The molecule has 0 bridgehead atoms. The largest absolute Gasteiger partial charge is 0.335 e. The van der Waals surface area contributed by atoms with E-state index in [1.807, 2.05) is 5.38 Å². The SMILES string of the molecule is CC(=O)c1[nH]c2nscc2c1Cl. The molecule has 0 aliphatic carbocycles. The Balaban J connectivity index is 2.78. The highest BCUT2D eigenvalue weighted by Gasteiger charge is 2.13. The number of ketones is 1. The van der Waals surface area contributed by atoms with E-state index in [9.17, 15) is 4.79 Å². The lowest BCUT2D eigenvalue weighted by Gasteiger charge is -1.88. The molecule has 2 aromatic heterocycles. The minimum absolute atomic E-state index is 0.0667. The number of aromatic amines is 1. The molecule has 0 aliphatic heterocycles. The first-order valence-corrected chi connectivity index (χ1v) is 4.54. The minimum Gasteiger partial charge on any atom is -0.335 e. The number of H-pyrrole nitrogens is 1. The lowest BCUT2D eigenvalue weighted by molar-refractivity contribution is 0.101. The lowest BCUT2D eigenvalue weighted by atomic mass is 10.3. The zero-order chi connectivity index (χ0) is 8.72. The van der Waals surface area contributed by atoms with E-state index in [1.54, 1.807) is 0 Å². The number of rotatable bonds is 1. The molecule has 2 heterocycles. The molecule has 0 atom stereocenters. The van der Waals surface area contributed by atoms with E-state index in [1.165, 1.54) is 18.5 Å². The predicted octanol–water partition coefficient (Wildman–Crippen LogP) is 2.48. The molecule has 0 aliphatic rings. The number of hydrogen-bond donors (Lipinski definition) is 1. The third-order valence-corrected chi connectivity index (χ3v) is 2.64. The predicted molar refractivity (Wildman–Crippen MR) is 49.0 cm³/mol. The van der Waals surface area contributed by atoms with E-state index in [4.69, 9.17) is 11.6 Å². The van der Waals surface area contributed by atoms with Gasteiger partial charge < -0.3 is 4.98 Å². The van der Waals surface area contributed by atoms with Crippen LogP contribution in [0.25, 0.3) is 11.0 Å². The van der Waals surface area contributed by atoms with Gasteiger partial charge in [-0.3, -0.25) is 4.79 Å². The smallest absolute Gasteiger partial charge is 0.177 e. The van der Waals surface area contributed by atoms with Crippen LogP contribution in [0.1, 0.15) is 17.4 Å². The second kappa shape index (κ2) is 2.57. The molecule has 0 aromatic carbocycles. The molecule has 0 saturated carbocycles. The Morgan fingerprint density at radius 1 is 1.75 bits per heavy atom. The van der Waals surface area contributed by atoms with Crippen molar-refractivity contribution in [1.82, 2.24) is 9.36 Å². The first-order valence-electron chi connectivity index (χ1n) is 3.32. The van der Waals surface area contributed by atoms with Gasteiger partial charge in [-0.2, -0.15) is 4.37 Å². The van der Waals surface area contributed by atoms with Crippen LogP contribution in [-0.2, 0) is 0 Å². The molecular weight excluding hydrogens is 196 g/mol. The summed E-state index contributed by atoms with van der Waals surface area (Å²) in [4.78, 5) is 13.9. The summed E-state index contributed by atoms with van der Waals surface area (Å²) >= 11 is 7.23. The summed E-state index contributed by atoms with van der Waals surface area (Å²) in [6, 6.07) is 0. The van der Waals surface area contributed by atoms with Gasteiger partial charge in [-0.15, -0.1) is 0 Å². The van der Waals surface area contributed by atoms with Gasteiger partial charge in [0.15, 0.2) is 11.4 Å². The van der Waals surface area contributed by atoms with Gasteiger partial charge >= 0.3 is 0 Å². The topological polar surface area (TPSA) is 45.8 Å². The normalized spacial score (nSPS) is 10.8. The number of Topliss-reactive ketones (excluding diaryl/α,β-unsaturated/α-hetero) is 1.